The first-order valence-electron chi connectivity index (χ1n) is 5.69. The van der Waals surface area contributed by atoms with Crippen molar-refractivity contribution in [2.24, 2.45) is 0 Å². The Kier molecular flexibility index (Phi) is 5.53. The summed E-state index contributed by atoms with van der Waals surface area (Å²) in [5, 5.41) is 8.88. The molecule has 0 saturated heterocycles. The maximum absolute atomic E-state index is 12.7. The van der Waals surface area contributed by atoms with Crippen molar-refractivity contribution in [2.75, 3.05) is 13.7 Å². The minimum atomic E-state index is -1.06. The minimum Gasteiger partial charge on any atom is -0.493 e. The van der Waals surface area contributed by atoms with Gasteiger partial charge in [0, 0.05) is 0 Å². The number of carboxylic acids is 1. The van der Waals surface area contributed by atoms with Gasteiger partial charge >= 0.3 is 5.97 Å². The van der Waals surface area contributed by atoms with Crippen LogP contribution in [-0.4, -0.2) is 24.8 Å². The first-order valence-corrected chi connectivity index (χ1v) is 5.69. The molecule has 20 heavy (non-hydrogen) atoms. The standard InChI is InChI=1S/C15H15FO4/c1-4-11(7-10(2)16)9-20-13-6-5-12(15(17)18)8-14(13)19-3/h4-8H,1-2,9H2,3H3,(H,17,18)/b11-7+. The molecule has 0 spiro atoms. The lowest BCUT2D eigenvalue weighted by Crippen LogP contribution is -2.03. The van der Waals surface area contributed by atoms with E-state index in [9.17, 15) is 9.18 Å². The first kappa shape index (κ1) is 15.5. The third kappa shape index (κ3) is 4.28. The van der Waals surface area contributed by atoms with Gasteiger partial charge < -0.3 is 14.6 Å². The number of hydrogen-bond acceptors (Lipinski definition) is 3. The van der Waals surface area contributed by atoms with Crippen molar-refractivity contribution in [2.45, 2.75) is 0 Å². The van der Waals surface area contributed by atoms with Crippen molar-refractivity contribution in [1.29, 1.82) is 0 Å². The Morgan fingerprint density at radius 3 is 2.65 bits per heavy atom. The number of allylic oxidation sites excluding steroid dienone is 2. The summed E-state index contributed by atoms with van der Waals surface area (Å²) >= 11 is 0. The lowest BCUT2D eigenvalue weighted by molar-refractivity contribution is 0.0696. The Hall–Kier alpha value is -2.56. The average Bonchev–Trinajstić information content (AvgIpc) is 2.42. The molecule has 0 radical (unpaired) electrons. The first-order chi connectivity index (χ1) is 9.47. The summed E-state index contributed by atoms with van der Waals surface area (Å²) in [5.74, 6) is -1.02. The van der Waals surface area contributed by atoms with Gasteiger partial charge in [0.1, 0.15) is 12.4 Å². The number of methoxy groups -OCH3 is 1. The van der Waals surface area contributed by atoms with E-state index in [1.54, 1.807) is 0 Å². The summed E-state index contributed by atoms with van der Waals surface area (Å²) in [5.41, 5.74) is 0.590. The zero-order chi connectivity index (χ0) is 15.1. The second kappa shape index (κ2) is 7.13. The maximum atomic E-state index is 12.7. The van der Waals surface area contributed by atoms with Crippen molar-refractivity contribution in [3.63, 3.8) is 0 Å². The van der Waals surface area contributed by atoms with Crippen molar-refractivity contribution >= 4 is 5.97 Å². The number of hydrogen-bond donors (Lipinski definition) is 1. The lowest BCUT2D eigenvalue weighted by Gasteiger charge is -2.11. The molecule has 0 saturated carbocycles. The number of benzene rings is 1. The number of ether oxygens (including phenoxy) is 2. The van der Waals surface area contributed by atoms with Crippen molar-refractivity contribution in [3.8, 4) is 11.5 Å². The minimum absolute atomic E-state index is 0.0647. The molecule has 0 heterocycles. The van der Waals surface area contributed by atoms with Gasteiger partial charge in [-0.05, 0) is 29.8 Å². The molecule has 1 rings (SSSR count). The molecule has 1 N–H and O–H groups in total. The fourth-order valence-corrected chi connectivity index (χ4v) is 1.44. The number of rotatable bonds is 7. The molecule has 5 heteroatoms. The third-order valence-electron chi connectivity index (χ3n) is 2.41. The van der Waals surface area contributed by atoms with E-state index in [0.717, 1.165) is 0 Å². The van der Waals surface area contributed by atoms with Crippen LogP contribution in [0.3, 0.4) is 0 Å². The van der Waals surface area contributed by atoms with Crippen LogP contribution in [-0.2, 0) is 0 Å². The second-order valence-electron chi connectivity index (χ2n) is 3.83. The van der Waals surface area contributed by atoms with Crippen LogP contribution in [0.15, 0.2) is 54.9 Å². The van der Waals surface area contributed by atoms with Crippen LogP contribution in [0.25, 0.3) is 0 Å². The van der Waals surface area contributed by atoms with Gasteiger partial charge in [-0.2, -0.15) is 0 Å². The van der Waals surface area contributed by atoms with Crippen LogP contribution in [0.4, 0.5) is 4.39 Å². The van der Waals surface area contributed by atoms with E-state index < -0.39 is 11.8 Å². The predicted octanol–water partition coefficient (Wildman–Crippen LogP) is 3.37. The molecule has 0 bridgehead atoms. The molecule has 0 aromatic heterocycles. The van der Waals surface area contributed by atoms with Crippen molar-refractivity contribution in [3.05, 3.63) is 60.5 Å². The van der Waals surface area contributed by atoms with E-state index in [0.29, 0.717) is 11.3 Å². The van der Waals surface area contributed by atoms with Crippen molar-refractivity contribution < 1.29 is 23.8 Å². The molecular weight excluding hydrogens is 263 g/mol. The van der Waals surface area contributed by atoms with E-state index >= 15 is 0 Å². The molecule has 0 fully saturated rings. The highest BCUT2D eigenvalue weighted by Gasteiger charge is 2.10. The molecule has 0 amide bonds. The van der Waals surface area contributed by atoms with Crippen LogP contribution >= 0.6 is 0 Å². The number of halogens is 1. The van der Waals surface area contributed by atoms with E-state index in [4.69, 9.17) is 14.6 Å². The molecular formula is C15H15FO4. The fourth-order valence-electron chi connectivity index (χ4n) is 1.44. The molecule has 0 atom stereocenters. The number of carboxylic acid groups (broad SMARTS) is 1. The smallest absolute Gasteiger partial charge is 0.335 e. The summed E-state index contributed by atoms with van der Waals surface area (Å²) in [6, 6.07) is 4.22. The summed E-state index contributed by atoms with van der Waals surface area (Å²) < 4.78 is 23.2. The Bertz CT molecular complexity index is 561. The molecule has 0 aliphatic heterocycles. The maximum Gasteiger partial charge on any atom is 0.335 e. The highest BCUT2D eigenvalue weighted by Crippen LogP contribution is 2.28. The van der Waals surface area contributed by atoms with Gasteiger partial charge in [-0.1, -0.05) is 19.2 Å². The normalized spacial score (nSPS) is 10.8. The Morgan fingerprint density at radius 2 is 2.15 bits per heavy atom. The van der Waals surface area contributed by atoms with Gasteiger partial charge in [-0.25, -0.2) is 9.18 Å². The van der Waals surface area contributed by atoms with Gasteiger partial charge in [0.15, 0.2) is 11.5 Å². The van der Waals surface area contributed by atoms with Crippen LogP contribution < -0.4 is 9.47 Å². The predicted molar refractivity (Wildman–Crippen MR) is 74.0 cm³/mol. The SMILES string of the molecule is C=C/C(=C\C(=C)F)COc1ccc(C(=O)O)cc1OC. The third-order valence-corrected chi connectivity index (χ3v) is 2.41. The quantitative estimate of drug-likeness (QED) is 0.777. The molecule has 0 aliphatic carbocycles. The van der Waals surface area contributed by atoms with Gasteiger partial charge in [0.05, 0.1) is 12.7 Å². The highest BCUT2D eigenvalue weighted by molar-refractivity contribution is 5.88. The number of aromatic carboxylic acids is 1. The average molecular weight is 278 g/mol. The molecule has 0 aliphatic rings. The fraction of sp³-hybridized carbons (Fsp3) is 0.133. The summed E-state index contributed by atoms with van der Waals surface area (Å²) in [6.07, 6.45) is 2.65. The topological polar surface area (TPSA) is 55.8 Å². The van der Waals surface area contributed by atoms with Gasteiger partial charge in [0.2, 0.25) is 0 Å². The molecule has 106 valence electrons. The van der Waals surface area contributed by atoms with Crippen molar-refractivity contribution in [1.82, 2.24) is 0 Å². The van der Waals surface area contributed by atoms with Crippen LogP contribution in [0.1, 0.15) is 10.4 Å². The van der Waals surface area contributed by atoms with E-state index in [2.05, 4.69) is 13.2 Å². The van der Waals surface area contributed by atoms with E-state index in [1.807, 2.05) is 0 Å². The van der Waals surface area contributed by atoms with Gasteiger partial charge in [-0.15, -0.1) is 0 Å². The second-order valence-corrected chi connectivity index (χ2v) is 3.83. The monoisotopic (exact) mass is 278 g/mol. The zero-order valence-electron chi connectivity index (χ0n) is 11.1. The highest BCUT2D eigenvalue weighted by atomic mass is 19.1. The molecule has 0 unspecified atom stereocenters. The largest absolute Gasteiger partial charge is 0.493 e. The summed E-state index contributed by atoms with van der Waals surface area (Å²) in [6.45, 7) is 6.73. The van der Waals surface area contributed by atoms with Crippen LogP contribution in [0.5, 0.6) is 11.5 Å². The Balaban J connectivity index is 2.90. The summed E-state index contributed by atoms with van der Waals surface area (Å²) in [7, 11) is 1.40. The van der Waals surface area contributed by atoms with E-state index in [1.165, 1.54) is 37.5 Å². The number of carbonyl (C=O) groups is 1. The van der Waals surface area contributed by atoms with Crippen LogP contribution in [0.2, 0.25) is 0 Å². The van der Waals surface area contributed by atoms with E-state index in [-0.39, 0.29) is 17.9 Å². The zero-order valence-corrected chi connectivity index (χ0v) is 11.1. The Labute approximate surface area is 116 Å². The van der Waals surface area contributed by atoms with Crippen LogP contribution in [0, 0.1) is 0 Å². The lowest BCUT2D eigenvalue weighted by atomic mass is 10.2. The Morgan fingerprint density at radius 1 is 1.45 bits per heavy atom. The van der Waals surface area contributed by atoms with Gasteiger partial charge in [-0.3, -0.25) is 0 Å². The van der Waals surface area contributed by atoms with Gasteiger partial charge in [0.25, 0.3) is 0 Å². The summed E-state index contributed by atoms with van der Waals surface area (Å²) in [4.78, 5) is 10.8. The molecule has 1 aromatic carbocycles. The molecule has 1 aromatic rings. The molecule has 4 nitrogen and oxygen atoms in total.